The van der Waals surface area contributed by atoms with E-state index >= 15 is 0 Å². The van der Waals surface area contributed by atoms with Gasteiger partial charge < -0.3 is 15.2 Å². The molecule has 2 rings (SSSR count). The molecule has 0 fully saturated rings. The summed E-state index contributed by atoms with van der Waals surface area (Å²) >= 11 is 0. The van der Waals surface area contributed by atoms with E-state index in [2.05, 4.69) is 5.32 Å². The number of aliphatic carboxylic acids is 1. The summed E-state index contributed by atoms with van der Waals surface area (Å²) in [5, 5.41) is 12.5. The Bertz CT molecular complexity index is 682. The molecular formula is C19H21NO4. The van der Waals surface area contributed by atoms with Crippen molar-refractivity contribution >= 4 is 17.4 Å². The largest absolute Gasteiger partial charge is 0.497 e. The lowest BCUT2D eigenvalue weighted by Gasteiger charge is -2.24. The van der Waals surface area contributed by atoms with Gasteiger partial charge in [0.25, 0.3) is 0 Å². The lowest BCUT2D eigenvalue weighted by Crippen LogP contribution is -2.41. The van der Waals surface area contributed by atoms with E-state index in [4.69, 9.17) is 4.74 Å². The minimum atomic E-state index is -1.05. The summed E-state index contributed by atoms with van der Waals surface area (Å²) in [6.07, 6.45) is 0.371. The SMILES string of the molecule is COc1ccc(NC(C(=O)O)C(Cc2ccccc2)C(C)=O)cc1. The van der Waals surface area contributed by atoms with Gasteiger partial charge >= 0.3 is 5.97 Å². The molecule has 0 radical (unpaired) electrons. The monoisotopic (exact) mass is 327 g/mol. The molecule has 0 aliphatic carbocycles. The molecule has 2 aromatic rings. The Hall–Kier alpha value is -2.82. The first-order valence-electron chi connectivity index (χ1n) is 7.69. The van der Waals surface area contributed by atoms with Crippen LogP contribution >= 0.6 is 0 Å². The summed E-state index contributed by atoms with van der Waals surface area (Å²) in [6, 6.07) is 15.3. The second kappa shape index (κ2) is 8.15. The molecule has 0 aliphatic rings. The number of Topliss-reactive ketones (excluding diaryl/α,β-unsaturated/α-hetero) is 1. The van der Waals surface area contributed by atoms with Crippen LogP contribution in [0.15, 0.2) is 54.6 Å². The first-order valence-corrected chi connectivity index (χ1v) is 7.69. The van der Waals surface area contributed by atoms with Gasteiger partial charge in [0.05, 0.1) is 13.0 Å². The number of carboxylic acid groups (broad SMARTS) is 1. The Morgan fingerprint density at radius 2 is 1.71 bits per heavy atom. The number of anilines is 1. The van der Waals surface area contributed by atoms with Crippen LogP contribution in [-0.4, -0.2) is 30.0 Å². The molecule has 0 aliphatic heterocycles. The van der Waals surface area contributed by atoms with Gasteiger partial charge in [0.15, 0.2) is 0 Å². The van der Waals surface area contributed by atoms with Gasteiger partial charge in [-0.25, -0.2) is 4.79 Å². The second-order valence-corrected chi connectivity index (χ2v) is 5.60. The van der Waals surface area contributed by atoms with Gasteiger partial charge in [-0.05, 0) is 43.2 Å². The molecule has 24 heavy (non-hydrogen) atoms. The van der Waals surface area contributed by atoms with Gasteiger partial charge in [-0.2, -0.15) is 0 Å². The van der Waals surface area contributed by atoms with Crippen molar-refractivity contribution in [2.24, 2.45) is 5.92 Å². The molecular weight excluding hydrogens is 306 g/mol. The highest BCUT2D eigenvalue weighted by molar-refractivity contribution is 5.88. The van der Waals surface area contributed by atoms with Gasteiger partial charge in [0.2, 0.25) is 0 Å². The van der Waals surface area contributed by atoms with Crippen molar-refractivity contribution in [3.8, 4) is 5.75 Å². The zero-order chi connectivity index (χ0) is 17.5. The maximum Gasteiger partial charge on any atom is 0.326 e. The fraction of sp³-hybridized carbons (Fsp3) is 0.263. The van der Waals surface area contributed by atoms with Gasteiger partial charge in [-0.3, -0.25) is 4.79 Å². The van der Waals surface area contributed by atoms with E-state index in [0.717, 1.165) is 5.56 Å². The number of ketones is 1. The van der Waals surface area contributed by atoms with E-state index in [0.29, 0.717) is 17.9 Å². The fourth-order valence-electron chi connectivity index (χ4n) is 2.57. The van der Waals surface area contributed by atoms with Crippen LogP contribution in [0.4, 0.5) is 5.69 Å². The third-order valence-electron chi connectivity index (χ3n) is 3.90. The molecule has 0 bridgehead atoms. The van der Waals surface area contributed by atoms with Crippen LogP contribution in [0.25, 0.3) is 0 Å². The molecule has 5 nitrogen and oxygen atoms in total. The average molecular weight is 327 g/mol. The Morgan fingerprint density at radius 1 is 1.08 bits per heavy atom. The number of hydrogen-bond acceptors (Lipinski definition) is 4. The standard InChI is InChI=1S/C19H21NO4/c1-13(21)17(12-14-6-4-3-5-7-14)18(19(22)23)20-15-8-10-16(24-2)11-9-15/h3-11,17-18,20H,12H2,1-2H3,(H,22,23). The van der Waals surface area contributed by atoms with Crippen LogP contribution in [0, 0.1) is 5.92 Å². The van der Waals surface area contributed by atoms with Crippen LogP contribution in [0.3, 0.4) is 0 Å². The number of nitrogens with one attached hydrogen (secondary N) is 1. The predicted molar refractivity (Wildman–Crippen MR) is 92.4 cm³/mol. The lowest BCUT2D eigenvalue weighted by atomic mass is 9.88. The van der Waals surface area contributed by atoms with E-state index in [9.17, 15) is 14.7 Å². The molecule has 2 unspecified atom stereocenters. The van der Waals surface area contributed by atoms with E-state index < -0.39 is 17.9 Å². The molecule has 0 saturated carbocycles. The van der Waals surface area contributed by atoms with E-state index in [1.807, 2.05) is 30.3 Å². The van der Waals surface area contributed by atoms with Gasteiger partial charge in [-0.15, -0.1) is 0 Å². The molecule has 0 aromatic heterocycles. The second-order valence-electron chi connectivity index (χ2n) is 5.60. The summed E-state index contributed by atoms with van der Waals surface area (Å²) in [7, 11) is 1.56. The Kier molecular flexibility index (Phi) is 5.95. The Balaban J connectivity index is 2.21. The summed E-state index contributed by atoms with van der Waals surface area (Å²) in [4.78, 5) is 23.8. The number of ether oxygens (including phenoxy) is 1. The smallest absolute Gasteiger partial charge is 0.326 e. The molecule has 0 heterocycles. The molecule has 126 valence electrons. The molecule has 0 saturated heterocycles. The third kappa shape index (κ3) is 4.59. The molecule has 2 aromatic carbocycles. The molecule has 2 N–H and O–H groups in total. The number of carbonyl (C=O) groups is 2. The quantitative estimate of drug-likeness (QED) is 0.779. The molecule has 2 atom stereocenters. The predicted octanol–water partition coefficient (Wildman–Crippen LogP) is 3.01. The van der Waals surface area contributed by atoms with Crippen molar-refractivity contribution in [3.63, 3.8) is 0 Å². The van der Waals surface area contributed by atoms with Crippen molar-refractivity contribution in [1.82, 2.24) is 0 Å². The van der Waals surface area contributed by atoms with Gasteiger partial charge in [-0.1, -0.05) is 30.3 Å². The number of benzene rings is 2. The fourth-order valence-corrected chi connectivity index (χ4v) is 2.57. The lowest BCUT2D eigenvalue weighted by molar-refractivity contribution is -0.141. The molecule has 5 heteroatoms. The van der Waals surface area contributed by atoms with Crippen LogP contribution in [0.2, 0.25) is 0 Å². The average Bonchev–Trinajstić information content (AvgIpc) is 2.59. The zero-order valence-corrected chi connectivity index (χ0v) is 13.7. The third-order valence-corrected chi connectivity index (χ3v) is 3.90. The minimum Gasteiger partial charge on any atom is -0.497 e. The van der Waals surface area contributed by atoms with Crippen LogP contribution in [-0.2, 0) is 16.0 Å². The molecule has 0 spiro atoms. The summed E-state index contributed by atoms with van der Waals surface area (Å²) in [6.45, 7) is 1.43. The number of carbonyl (C=O) groups excluding carboxylic acids is 1. The van der Waals surface area contributed by atoms with E-state index in [1.54, 1.807) is 31.4 Å². The molecule has 0 amide bonds. The maximum absolute atomic E-state index is 12.1. The van der Waals surface area contributed by atoms with Crippen molar-refractivity contribution < 1.29 is 19.4 Å². The van der Waals surface area contributed by atoms with Crippen LogP contribution < -0.4 is 10.1 Å². The first kappa shape index (κ1) is 17.5. The highest BCUT2D eigenvalue weighted by Gasteiger charge is 2.31. The summed E-state index contributed by atoms with van der Waals surface area (Å²) in [5.41, 5.74) is 1.56. The highest BCUT2D eigenvalue weighted by Crippen LogP contribution is 2.21. The summed E-state index contributed by atoms with van der Waals surface area (Å²) < 4.78 is 5.09. The van der Waals surface area contributed by atoms with E-state index in [-0.39, 0.29) is 5.78 Å². The van der Waals surface area contributed by atoms with Crippen molar-refractivity contribution in [1.29, 1.82) is 0 Å². The summed E-state index contributed by atoms with van der Waals surface area (Å²) in [5.74, 6) is -1.19. The van der Waals surface area contributed by atoms with Crippen molar-refractivity contribution in [2.75, 3.05) is 12.4 Å². The first-order chi connectivity index (χ1) is 11.5. The van der Waals surface area contributed by atoms with Crippen LogP contribution in [0.5, 0.6) is 5.75 Å². The maximum atomic E-state index is 12.1. The minimum absolute atomic E-state index is 0.160. The number of rotatable bonds is 8. The zero-order valence-electron chi connectivity index (χ0n) is 13.7. The number of methoxy groups -OCH3 is 1. The highest BCUT2D eigenvalue weighted by atomic mass is 16.5. The number of carboxylic acids is 1. The van der Waals surface area contributed by atoms with Gasteiger partial charge in [0, 0.05) is 5.69 Å². The Morgan fingerprint density at radius 3 is 2.21 bits per heavy atom. The van der Waals surface area contributed by atoms with Crippen LogP contribution in [0.1, 0.15) is 12.5 Å². The number of hydrogen-bond donors (Lipinski definition) is 2. The van der Waals surface area contributed by atoms with Crippen molar-refractivity contribution in [2.45, 2.75) is 19.4 Å². The normalized spacial score (nSPS) is 12.9. The Labute approximate surface area is 141 Å². The van der Waals surface area contributed by atoms with E-state index in [1.165, 1.54) is 6.92 Å². The van der Waals surface area contributed by atoms with Gasteiger partial charge in [0.1, 0.15) is 17.6 Å². The topological polar surface area (TPSA) is 75.6 Å². The van der Waals surface area contributed by atoms with Crippen molar-refractivity contribution in [3.05, 3.63) is 60.2 Å².